The second kappa shape index (κ2) is 6.20. The van der Waals surface area contributed by atoms with E-state index in [4.69, 9.17) is 0 Å². The first-order chi connectivity index (χ1) is 9.04. The van der Waals surface area contributed by atoms with E-state index in [0.717, 1.165) is 19.5 Å². The van der Waals surface area contributed by atoms with Crippen molar-refractivity contribution in [2.45, 2.75) is 45.7 Å². The van der Waals surface area contributed by atoms with E-state index in [1.54, 1.807) is 0 Å². The lowest BCUT2D eigenvalue weighted by atomic mass is 10.1. The van der Waals surface area contributed by atoms with Gasteiger partial charge in [-0.3, -0.25) is 4.79 Å². The van der Waals surface area contributed by atoms with Crippen LogP contribution in [0.2, 0.25) is 0 Å². The summed E-state index contributed by atoms with van der Waals surface area (Å²) in [5, 5.41) is 3.45. The van der Waals surface area contributed by atoms with Crippen molar-refractivity contribution >= 4 is 5.91 Å². The Morgan fingerprint density at radius 1 is 1.32 bits per heavy atom. The SMILES string of the molecule is Cc1cccc(CCC(=O)N2CC(C)NC(C)C2)c1. The minimum atomic E-state index is 0.279. The second-order valence-electron chi connectivity index (χ2n) is 5.76. The molecule has 2 atom stereocenters. The number of aryl methyl sites for hydroxylation is 2. The molecule has 0 aliphatic carbocycles. The quantitative estimate of drug-likeness (QED) is 0.903. The third-order valence-corrected chi connectivity index (χ3v) is 3.62. The average Bonchev–Trinajstić information content (AvgIpc) is 2.35. The summed E-state index contributed by atoms with van der Waals surface area (Å²) in [5.41, 5.74) is 2.51. The van der Waals surface area contributed by atoms with E-state index in [2.05, 4.69) is 50.4 Å². The average molecular weight is 260 g/mol. The van der Waals surface area contributed by atoms with Gasteiger partial charge in [0.2, 0.25) is 5.91 Å². The highest BCUT2D eigenvalue weighted by Crippen LogP contribution is 2.10. The van der Waals surface area contributed by atoms with E-state index in [0.29, 0.717) is 18.5 Å². The zero-order valence-corrected chi connectivity index (χ0v) is 12.1. The van der Waals surface area contributed by atoms with Gasteiger partial charge >= 0.3 is 0 Å². The molecule has 3 heteroatoms. The molecule has 104 valence electrons. The Kier molecular flexibility index (Phi) is 4.59. The number of nitrogens with one attached hydrogen (secondary N) is 1. The molecule has 3 nitrogen and oxygen atoms in total. The van der Waals surface area contributed by atoms with Crippen molar-refractivity contribution in [1.29, 1.82) is 0 Å². The van der Waals surface area contributed by atoms with Gasteiger partial charge in [-0.15, -0.1) is 0 Å². The molecule has 1 heterocycles. The number of hydrogen-bond acceptors (Lipinski definition) is 2. The largest absolute Gasteiger partial charge is 0.340 e. The van der Waals surface area contributed by atoms with Crippen LogP contribution in [0.4, 0.5) is 0 Å². The normalized spacial score (nSPS) is 23.4. The molecule has 1 N–H and O–H groups in total. The Balaban J connectivity index is 1.87. The highest BCUT2D eigenvalue weighted by atomic mass is 16.2. The minimum Gasteiger partial charge on any atom is -0.340 e. The van der Waals surface area contributed by atoms with Crippen LogP contribution in [-0.2, 0) is 11.2 Å². The lowest BCUT2D eigenvalue weighted by Crippen LogP contribution is -2.55. The summed E-state index contributed by atoms with van der Waals surface area (Å²) < 4.78 is 0. The van der Waals surface area contributed by atoms with E-state index in [1.807, 2.05) is 4.90 Å². The van der Waals surface area contributed by atoms with Crippen LogP contribution in [0.5, 0.6) is 0 Å². The highest BCUT2D eigenvalue weighted by molar-refractivity contribution is 5.76. The fraction of sp³-hybridized carbons (Fsp3) is 0.562. The highest BCUT2D eigenvalue weighted by Gasteiger charge is 2.24. The molecule has 1 aliphatic rings. The van der Waals surface area contributed by atoms with Gasteiger partial charge in [0.05, 0.1) is 0 Å². The Morgan fingerprint density at radius 2 is 2.00 bits per heavy atom. The maximum absolute atomic E-state index is 12.2. The van der Waals surface area contributed by atoms with Crippen molar-refractivity contribution in [3.05, 3.63) is 35.4 Å². The van der Waals surface area contributed by atoms with Crippen LogP contribution in [0.15, 0.2) is 24.3 Å². The van der Waals surface area contributed by atoms with Gasteiger partial charge < -0.3 is 10.2 Å². The zero-order chi connectivity index (χ0) is 13.8. The fourth-order valence-electron chi connectivity index (χ4n) is 2.81. The summed E-state index contributed by atoms with van der Waals surface area (Å²) in [6.45, 7) is 8.02. The molecule has 0 bridgehead atoms. The topological polar surface area (TPSA) is 32.3 Å². The number of carbonyl (C=O) groups is 1. The molecule has 0 spiro atoms. The maximum Gasteiger partial charge on any atom is 0.223 e. The smallest absolute Gasteiger partial charge is 0.223 e. The van der Waals surface area contributed by atoms with Crippen LogP contribution in [0.1, 0.15) is 31.4 Å². The molecule has 0 saturated carbocycles. The molecule has 0 radical (unpaired) electrons. The lowest BCUT2D eigenvalue weighted by molar-refractivity contribution is -0.132. The molecule has 1 saturated heterocycles. The molecular formula is C16H24N2O. The first kappa shape index (κ1) is 14.1. The molecular weight excluding hydrogens is 236 g/mol. The third kappa shape index (κ3) is 4.06. The Bertz CT molecular complexity index is 434. The van der Waals surface area contributed by atoms with E-state index < -0.39 is 0 Å². The maximum atomic E-state index is 12.2. The number of piperazine rings is 1. The summed E-state index contributed by atoms with van der Waals surface area (Å²) in [6.07, 6.45) is 1.45. The Morgan fingerprint density at radius 3 is 2.63 bits per heavy atom. The Labute approximate surface area is 116 Å². The number of amides is 1. The van der Waals surface area contributed by atoms with E-state index in [-0.39, 0.29) is 5.91 Å². The van der Waals surface area contributed by atoms with Crippen molar-refractivity contribution in [2.75, 3.05) is 13.1 Å². The molecule has 2 rings (SSSR count). The summed E-state index contributed by atoms with van der Waals surface area (Å²) in [6, 6.07) is 9.20. The van der Waals surface area contributed by atoms with Crippen LogP contribution >= 0.6 is 0 Å². The summed E-state index contributed by atoms with van der Waals surface area (Å²) in [4.78, 5) is 14.2. The second-order valence-corrected chi connectivity index (χ2v) is 5.76. The summed E-state index contributed by atoms with van der Waals surface area (Å²) in [7, 11) is 0. The van der Waals surface area contributed by atoms with Crippen LogP contribution < -0.4 is 5.32 Å². The van der Waals surface area contributed by atoms with Gasteiger partial charge in [-0.25, -0.2) is 0 Å². The molecule has 1 amide bonds. The van der Waals surface area contributed by atoms with E-state index in [1.165, 1.54) is 11.1 Å². The first-order valence-electron chi connectivity index (χ1n) is 7.14. The minimum absolute atomic E-state index is 0.279. The predicted molar refractivity (Wildman–Crippen MR) is 78.1 cm³/mol. The molecule has 2 unspecified atom stereocenters. The van der Waals surface area contributed by atoms with Crippen molar-refractivity contribution in [2.24, 2.45) is 0 Å². The van der Waals surface area contributed by atoms with Gasteiger partial charge in [-0.1, -0.05) is 29.8 Å². The van der Waals surface area contributed by atoms with Gasteiger partial charge in [0.1, 0.15) is 0 Å². The van der Waals surface area contributed by atoms with Gasteiger partial charge in [0, 0.05) is 31.6 Å². The van der Waals surface area contributed by atoms with Crippen LogP contribution in [0.25, 0.3) is 0 Å². The van der Waals surface area contributed by atoms with Crippen LogP contribution in [-0.4, -0.2) is 36.0 Å². The number of carbonyl (C=O) groups excluding carboxylic acids is 1. The van der Waals surface area contributed by atoms with Gasteiger partial charge in [0.25, 0.3) is 0 Å². The predicted octanol–water partition coefficient (Wildman–Crippen LogP) is 2.14. The third-order valence-electron chi connectivity index (χ3n) is 3.62. The van der Waals surface area contributed by atoms with Crippen molar-refractivity contribution in [3.8, 4) is 0 Å². The van der Waals surface area contributed by atoms with Crippen LogP contribution in [0.3, 0.4) is 0 Å². The molecule has 19 heavy (non-hydrogen) atoms. The Hall–Kier alpha value is -1.35. The van der Waals surface area contributed by atoms with Crippen molar-refractivity contribution < 1.29 is 4.79 Å². The summed E-state index contributed by atoms with van der Waals surface area (Å²) in [5.74, 6) is 0.279. The fourth-order valence-corrected chi connectivity index (χ4v) is 2.81. The monoisotopic (exact) mass is 260 g/mol. The molecule has 1 aromatic carbocycles. The molecule has 1 fully saturated rings. The van der Waals surface area contributed by atoms with E-state index >= 15 is 0 Å². The lowest BCUT2D eigenvalue weighted by Gasteiger charge is -2.36. The van der Waals surface area contributed by atoms with Gasteiger partial charge in [-0.05, 0) is 32.8 Å². The van der Waals surface area contributed by atoms with Gasteiger partial charge in [-0.2, -0.15) is 0 Å². The number of rotatable bonds is 3. The van der Waals surface area contributed by atoms with E-state index in [9.17, 15) is 4.79 Å². The van der Waals surface area contributed by atoms with Crippen LogP contribution in [0, 0.1) is 6.92 Å². The van der Waals surface area contributed by atoms with Crippen molar-refractivity contribution in [3.63, 3.8) is 0 Å². The number of benzene rings is 1. The standard InChI is InChI=1S/C16H24N2O/c1-12-5-4-6-15(9-12)7-8-16(19)18-10-13(2)17-14(3)11-18/h4-6,9,13-14,17H,7-8,10-11H2,1-3H3. The molecule has 1 aliphatic heterocycles. The summed E-state index contributed by atoms with van der Waals surface area (Å²) >= 11 is 0. The zero-order valence-electron chi connectivity index (χ0n) is 12.1. The number of hydrogen-bond donors (Lipinski definition) is 1. The molecule has 1 aromatic rings. The number of nitrogens with zero attached hydrogens (tertiary/aromatic N) is 1. The molecule has 0 aromatic heterocycles. The van der Waals surface area contributed by atoms with Crippen molar-refractivity contribution in [1.82, 2.24) is 10.2 Å². The van der Waals surface area contributed by atoms with Gasteiger partial charge in [0.15, 0.2) is 0 Å². The first-order valence-corrected chi connectivity index (χ1v) is 7.14.